The van der Waals surface area contributed by atoms with Gasteiger partial charge in [0.05, 0.1) is 29.3 Å². The number of aromatic amines is 1. The van der Waals surface area contributed by atoms with Crippen LogP contribution in [-0.4, -0.2) is 53.3 Å². The molecule has 0 atom stereocenters. The highest BCUT2D eigenvalue weighted by Crippen LogP contribution is 2.29. The van der Waals surface area contributed by atoms with Gasteiger partial charge in [0.15, 0.2) is 5.69 Å². The van der Waals surface area contributed by atoms with Crippen LogP contribution < -0.4 is 15.1 Å². The van der Waals surface area contributed by atoms with Crippen molar-refractivity contribution in [2.24, 2.45) is 0 Å². The lowest BCUT2D eigenvalue weighted by Crippen LogP contribution is -2.17. The summed E-state index contributed by atoms with van der Waals surface area (Å²) in [6.45, 7) is 2.14. The van der Waals surface area contributed by atoms with E-state index in [9.17, 15) is 4.79 Å². The molecule has 0 unspecified atom stereocenters. The summed E-state index contributed by atoms with van der Waals surface area (Å²) in [5, 5.41) is 10.9. The van der Waals surface area contributed by atoms with Crippen molar-refractivity contribution in [2.45, 2.75) is 12.8 Å². The van der Waals surface area contributed by atoms with Crippen LogP contribution in [0.5, 0.6) is 0 Å². The monoisotopic (exact) mass is 427 g/mol. The zero-order valence-electron chi connectivity index (χ0n) is 18.2. The smallest absolute Gasteiger partial charge is 0.276 e. The van der Waals surface area contributed by atoms with E-state index in [0.29, 0.717) is 11.4 Å². The summed E-state index contributed by atoms with van der Waals surface area (Å²) in [6.07, 6.45) is 7.86. The van der Waals surface area contributed by atoms with E-state index in [4.69, 9.17) is 0 Å². The Bertz CT molecular complexity index is 1260. The van der Waals surface area contributed by atoms with Gasteiger partial charge in [0.2, 0.25) is 0 Å². The Hall–Kier alpha value is -3.94. The van der Waals surface area contributed by atoms with Crippen LogP contribution in [0.4, 0.5) is 17.2 Å². The number of anilines is 3. The van der Waals surface area contributed by atoms with Crippen LogP contribution in [0.25, 0.3) is 22.0 Å². The quantitative estimate of drug-likeness (QED) is 0.501. The van der Waals surface area contributed by atoms with Gasteiger partial charge in [-0.25, -0.2) is 4.98 Å². The van der Waals surface area contributed by atoms with Crippen molar-refractivity contribution in [3.63, 3.8) is 0 Å². The number of amides is 1. The molecule has 0 aliphatic carbocycles. The number of carbonyl (C=O) groups is 1. The summed E-state index contributed by atoms with van der Waals surface area (Å²) in [6, 6.07) is 11.8. The highest BCUT2D eigenvalue weighted by molar-refractivity contribution is 6.11. The van der Waals surface area contributed by atoms with Gasteiger partial charge in [-0.15, -0.1) is 0 Å². The van der Waals surface area contributed by atoms with E-state index < -0.39 is 0 Å². The minimum Gasteiger partial charge on any atom is -0.370 e. The average molecular weight is 428 g/mol. The number of fused-ring (bicyclic) bond motifs is 1. The third-order valence-corrected chi connectivity index (χ3v) is 5.77. The van der Waals surface area contributed by atoms with E-state index in [2.05, 4.69) is 36.4 Å². The molecule has 4 aromatic rings. The number of nitrogens with one attached hydrogen (secondary N) is 2. The number of rotatable bonds is 5. The van der Waals surface area contributed by atoms with Crippen LogP contribution in [0.3, 0.4) is 0 Å². The second-order valence-corrected chi connectivity index (χ2v) is 8.21. The maximum atomic E-state index is 12.9. The highest BCUT2D eigenvalue weighted by Gasteiger charge is 2.17. The first kappa shape index (κ1) is 20.0. The molecule has 8 heteroatoms. The highest BCUT2D eigenvalue weighted by atomic mass is 16.1. The van der Waals surface area contributed by atoms with Crippen LogP contribution >= 0.6 is 0 Å². The molecule has 1 aromatic carbocycles. The number of H-pyrrole nitrogens is 1. The van der Waals surface area contributed by atoms with E-state index in [1.165, 1.54) is 12.8 Å². The molecule has 1 aliphatic rings. The minimum atomic E-state index is -0.281. The van der Waals surface area contributed by atoms with Crippen molar-refractivity contribution in [2.75, 3.05) is 42.3 Å². The van der Waals surface area contributed by atoms with Crippen LogP contribution in [0.15, 0.2) is 55.0 Å². The van der Waals surface area contributed by atoms with Gasteiger partial charge in [-0.05, 0) is 48.7 Å². The Kier molecular flexibility index (Phi) is 5.18. The summed E-state index contributed by atoms with van der Waals surface area (Å²) in [7, 11) is 3.84. The molecular formula is C24H25N7O. The van der Waals surface area contributed by atoms with Gasteiger partial charge in [-0.2, -0.15) is 5.10 Å². The van der Waals surface area contributed by atoms with Gasteiger partial charge < -0.3 is 15.1 Å². The number of hydrogen-bond donors (Lipinski definition) is 2. The first-order valence-corrected chi connectivity index (χ1v) is 10.7. The molecule has 2 N–H and O–H groups in total. The molecule has 0 bridgehead atoms. The number of pyridine rings is 2. The number of aromatic nitrogens is 4. The molecule has 3 aromatic heterocycles. The largest absolute Gasteiger partial charge is 0.370 e. The number of hydrogen-bond acceptors (Lipinski definition) is 6. The standard InChI is InChI=1S/C24H25N7O/c1-30(2)22-8-6-18(14-26-22)27-24(32)23-20-12-16(5-7-21(20)28-29-23)17-11-19(15-25-13-17)31-9-3-4-10-31/h5-8,11-15H,3-4,9-10H2,1-2H3,(H,27,32)(H,28,29). The van der Waals surface area contributed by atoms with Crippen molar-refractivity contribution < 1.29 is 4.79 Å². The topological polar surface area (TPSA) is 90.0 Å². The Morgan fingerprint density at radius 2 is 1.88 bits per heavy atom. The van der Waals surface area contributed by atoms with E-state index in [0.717, 1.165) is 46.6 Å². The predicted molar refractivity (Wildman–Crippen MR) is 127 cm³/mol. The molecule has 1 aliphatic heterocycles. The Balaban J connectivity index is 1.42. The number of benzene rings is 1. The molecule has 0 radical (unpaired) electrons. The average Bonchev–Trinajstić information content (AvgIpc) is 3.49. The Morgan fingerprint density at radius 1 is 1.03 bits per heavy atom. The maximum Gasteiger partial charge on any atom is 0.276 e. The zero-order valence-corrected chi connectivity index (χ0v) is 18.2. The molecule has 1 fully saturated rings. The maximum absolute atomic E-state index is 12.9. The third-order valence-electron chi connectivity index (χ3n) is 5.77. The molecule has 8 nitrogen and oxygen atoms in total. The fourth-order valence-electron chi connectivity index (χ4n) is 4.02. The molecule has 0 saturated carbocycles. The molecule has 0 spiro atoms. The molecule has 32 heavy (non-hydrogen) atoms. The van der Waals surface area contributed by atoms with Crippen molar-refractivity contribution in [3.05, 3.63) is 60.7 Å². The number of nitrogens with zero attached hydrogens (tertiary/aromatic N) is 5. The van der Waals surface area contributed by atoms with Gasteiger partial charge in [0, 0.05) is 44.3 Å². The Labute approximate surface area is 186 Å². The van der Waals surface area contributed by atoms with E-state index in [-0.39, 0.29) is 5.91 Å². The lowest BCUT2D eigenvalue weighted by atomic mass is 10.0. The first-order chi connectivity index (χ1) is 15.6. The minimum absolute atomic E-state index is 0.281. The van der Waals surface area contributed by atoms with Crippen molar-refractivity contribution >= 4 is 34.0 Å². The fraction of sp³-hybridized carbons (Fsp3) is 0.250. The summed E-state index contributed by atoms with van der Waals surface area (Å²) < 4.78 is 0. The van der Waals surface area contributed by atoms with Gasteiger partial charge in [-0.1, -0.05) is 6.07 Å². The lowest BCUT2D eigenvalue weighted by molar-refractivity contribution is 0.102. The molecule has 162 valence electrons. The summed E-state index contributed by atoms with van der Waals surface area (Å²) in [4.78, 5) is 26.0. The summed E-state index contributed by atoms with van der Waals surface area (Å²) in [5.74, 6) is 0.541. The van der Waals surface area contributed by atoms with E-state index >= 15 is 0 Å². The first-order valence-electron chi connectivity index (χ1n) is 10.7. The summed E-state index contributed by atoms with van der Waals surface area (Å²) >= 11 is 0. The van der Waals surface area contributed by atoms with Crippen LogP contribution in [0.2, 0.25) is 0 Å². The van der Waals surface area contributed by atoms with Crippen molar-refractivity contribution in [3.8, 4) is 11.1 Å². The SMILES string of the molecule is CN(C)c1ccc(NC(=O)c2n[nH]c3ccc(-c4cncc(N5CCCC5)c4)cc23)cn1. The molecule has 4 heterocycles. The van der Waals surface area contributed by atoms with E-state index in [1.54, 1.807) is 6.20 Å². The second kappa shape index (κ2) is 8.30. The van der Waals surface area contributed by atoms with Gasteiger partial charge in [0.25, 0.3) is 5.91 Å². The summed E-state index contributed by atoms with van der Waals surface area (Å²) in [5.41, 5.74) is 4.94. The normalized spacial score (nSPS) is 13.5. The van der Waals surface area contributed by atoms with Gasteiger partial charge in [0.1, 0.15) is 5.82 Å². The second-order valence-electron chi connectivity index (χ2n) is 8.21. The Morgan fingerprint density at radius 3 is 2.62 bits per heavy atom. The van der Waals surface area contributed by atoms with E-state index in [1.807, 2.05) is 61.7 Å². The molecular weight excluding hydrogens is 402 g/mol. The fourth-order valence-corrected chi connectivity index (χ4v) is 4.02. The van der Waals surface area contributed by atoms with Crippen LogP contribution in [0.1, 0.15) is 23.3 Å². The van der Waals surface area contributed by atoms with Crippen LogP contribution in [0, 0.1) is 0 Å². The van der Waals surface area contributed by atoms with Crippen LogP contribution in [-0.2, 0) is 0 Å². The predicted octanol–water partition coefficient (Wildman–Crippen LogP) is 3.94. The number of carbonyl (C=O) groups excluding carboxylic acids is 1. The third kappa shape index (κ3) is 3.87. The zero-order chi connectivity index (χ0) is 22.1. The molecule has 1 amide bonds. The van der Waals surface area contributed by atoms with Gasteiger partial charge >= 0.3 is 0 Å². The van der Waals surface area contributed by atoms with Crippen molar-refractivity contribution in [1.82, 2.24) is 20.2 Å². The van der Waals surface area contributed by atoms with Gasteiger partial charge in [-0.3, -0.25) is 14.9 Å². The lowest BCUT2D eigenvalue weighted by Gasteiger charge is -2.17. The van der Waals surface area contributed by atoms with Crippen molar-refractivity contribution in [1.29, 1.82) is 0 Å². The molecule has 5 rings (SSSR count). The molecule has 1 saturated heterocycles.